The van der Waals surface area contributed by atoms with Crippen LogP contribution in [0.3, 0.4) is 0 Å². The summed E-state index contributed by atoms with van der Waals surface area (Å²) in [6.45, 7) is 4.37. The van der Waals surface area contributed by atoms with Crippen LogP contribution >= 0.6 is 24.0 Å². The Hall–Kier alpha value is -0.830. The lowest BCUT2D eigenvalue weighted by atomic mass is 10.1. The van der Waals surface area contributed by atoms with Crippen molar-refractivity contribution in [2.75, 3.05) is 20.1 Å². The van der Waals surface area contributed by atoms with E-state index in [4.69, 9.17) is 4.99 Å². The van der Waals surface area contributed by atoms with Crippen LogP contribution in [0.5, 0.6) is 0 Å². The van der Waals surface area contributed by atoms with Gasteiger partial charge >= 0.3 is 0 Å². The van der Waals surface area contributed by atoms with E-state index in [1.54, 1.807) is 0 Å². The number of aromatic nitrogens is 2. The van der Waals surface area contributed by atoms with Crippen molar-refractivity contribution in [2.24, 2.45) is 18.0 Å². The molecule has 1 saturated carbocycles. The molecule has 1 aliphatic carbocycles. The number of nitrogens with zero attached hydrogens (tertiary/aromatic N) is 4. The monoisotopic (exact) mass is 421 g/mol. The third-order valence-electron chi connectivity index (χ3n) is 3.97. The van der Waals surface area contributed by atoms with Gasteiger partial charge in [-0.1, -0.05) is 6.42 Å². The average Bonchev–Trinajstić information content (AvgIpc) is 3.03. The van der Waals surface area contributed by atoms with Crippen LogP contribution in [-0.4, -0.2) is 52.0 Å². The number of rotatable bonds is 5. The van der Waals surface area contributed by atoms with Gasteiger partial charge in [0.2, 0.25) is 0 Å². The second kappa shape index (κ2) is 9.34. The summed E-state index contributed by atoms with van der Waals surface area (Å²) >= 11 is 0. The fraction of sp³-hybridized carbons (Fsp3) is 0.733. The molecule has 1 fully saturated rings. The van der Waals surface area contributed by atoms with E-state index in [2.05, 4.69) is 22.2 Å². The minimum Gasteiger partial charge on any atom is -0.393 e. The number of hydrogen-bond donors (Lipinski definition) is 2. The van der Waals surface area contributed by atoms with Crippen LogP contribution in [-0.2, 0) is 13.6 Å². The molecule has 126 valence electrons. The normalized spacial score (nSPS) is 21.5. The summed E-state index contributed by atoms with van der Waals surface area (Å²) in [5, 5.41) is 17.4. The predicted molar refractivity (Wildman–Crippen MR) is 99.4 cm³/mol. The van der Waals surface area contributed by atoms with Gasteiger partial charge in [-0.3, -0.25) is 9.67 Å². The Morgan fingerprint density at radius 2 is 2.32 bits per heavy atom. The molecule has 2 atom stereocenters. The maximum atomic E-state index is 9.89. The Morgan fingerprint density at radius 1 is 1.55 bits per heavy atom. The second-order valence-corrected chi connectivity index (χ2v) is 5.83. The van der Waals surface area contributed by atoms with Crippen molar-refractivity contribution in [1.82, 2.24) is 20.0 Å². The van der Waals surface area contributed by atoms with E-state index in [1.807, 2.05) is 31.2 Å². The fourth-order valence-electron chi connectivity index (χ4n) is 2.81. The van der Waals surface area contributed by atoms with Crippen molar-refractivity contribution in [1.29, 1.82) is 0 Å². The van der Waals surface area contributed by atoms with E-state index in [1.165, 1.54) is 0 Å². The Labute approximate surface area is 150 Å². The van der Waals surface area contributed by atoms with Crippen LogP contribution in [0.25, 0.3) is 0 Å². The van der Waals surface area contributed by atoms with Crippen LogP contribution in [0.2, 0.25) is 0 Å². The van der Waals surface area contributed by atoms with E-state index in [0.29, 0.717) is 12.5 Å². The molecule has 1 heterocycles. The Balaban J connectivity index is 0.00000242. The molecule has 1 aliphatic rings. The summed E-state index contributed by atoms with van der Waals surface area (Å²) < 4.78 is 1.81. The van der Waals surface area contributed by atoms with Gasteiger partial charge in [-0.2, -0.15) is 5.10 Å². The van der Waals surface area contributed by atoms with Gasteiger partial charge in [0.25, 0.3) is 0 Å². The van der Waals surface area contributed by atoms with Crippen molar-refractivity contribution in [3.05, 3.63) is 18.0 Å². The van der Waals surface area contributed by atoms with E-state index < -0.39 is 0 Å². The average molecular weight is 421 g/mol. The van der Waals surface area contributed by atoms with Crippen LogP contribution < -0.4 is 5.32 Å². The molecule has 0 saturated heterocycles. The maximum Gasteiger partial charge on any atom is 0.193 e. The molecule has 0 bridgehead atoms. The first-order valence-electron chi connectivity index (χ1n) is 7.75. The number of aliphatic imine (C=N–C) groups is 1. The van der Waals surface area contributed by atoms with Crippen molar-refractivity contribution >= 4 is 29.9 Å². The number of aliphatic hydroxyl groups excluding tert-OH is 1. The van der Waals surface area contributed by atoms with Crippen LogP contribution in [0, 0.1) is 5.92 Å². The number of aliphatic hydroxyl groups is 1. The van der Waals surface area contributed by atoms with Gasteiger partial charge in [0.15, 0.2) is 5.96 Å². The zero-order valence-corrected chi connectivity index (χ0v) is 16.0. The Kier molecular flexibility index (Phi) is 8.16. The first-order chi connectivity index (χ1) is 10.1. The number of halogens is 1. The molecule has 0 aliphatic heterocycles. The fourth-order valence-corrected chi connectivity index (χ4v) is 2.81. The van der Waals surface area contributed by atoms with Crippen molar-refractivity contribution in [3.63, 3.8) is 0 Å². The summed E-state index contributed by atoms with van der Waals surface area (Å²) in [4.78, 5) is 6.79. The summed E-state index contributed by atoms with van der Waals surface area (Å²) in [6, 6.07) is 0. The first-order valence-corrected chi connectivity index (χ1v) is 7.75. The number of guanidine groups is 1. The van der Waals surface area contributed by atoms with Gasteiger partial charge in [-0.15, -0.1) is 24.0 Å². The summed E-state index contributed by atoms with van der Waals surface area (Å²) in [5.74, 6) is 1.20. The zero-order chi connectivity index (χ0) is 15.2. The SMILES string of the molecule is CCNC(=NCC1CCCC1O)N(C)Cc1cnn(C)c1.I. The lowest BCUT2D eigenvalue weighted by Crippen LogP contribution is -2.39. The second-order valence-electron chi connectivity index (χ2n) is 5.83. The molecule has 6 nitrogen and oxygen atoms in total. The summed E-state index contributed by atoms with van der Waals surface area (Å²) in [7, 11) is 3.95. The van der Waals surface area contributed by atoms with E-state index >= 15 is 0 Å². The minimum absolute atomic E-state index is 0. The minimum atomic E-state index is -0.180. The number of nitrogens with one attached hydrogen (secondary N) is 1. The number of aryl methyl sites for hydroxylation is 1. The zero-order valence-electron chi connectivity index (χ0n) is 13.7. The van der Waals surface area contributed by atoms with Gasteiger partial charge in [0.1, 0.15) is 0 Å². The molecular formula is C15H28IN5O. The third-order valence-corrected chi connectivity index (χ3v) is 3.97. The van der Waals surface area contributed by atoms with Gasteiger partial charge in [0, 0.05) is 51.4 Å². The maximum absolute atomic E-state index is 9.89. The lowest BCUT2D eigenvalue weighted by Gasteiger charge is -2.22. The quantitative estimate of drug-likeness (QED) is 0.431. The molecule has 1 aromatic rings. The van der Waals surface area contributed by atoms with Crippen LogP contribution in [0.15, 0.2) is 17.4 Å². The molecule has 22 heavy (non-hydrogen) atoms. The summed E-state index contributed by atoms with van der Waals surface area (Å²) in [5.41, 5.74) is 1.16. The van der Waals surface area contributed by atoms with Crippen molar-refractivity contribution in [2.45, 2.75) is 38.8 Å². The standard InChI is InChI=1S/C15H27N5O.HI/c1-4-16-15(17-9-13-6-5-7-14(13)21)19(2)10-12-8-18-20(3)11-12;/h8,11,13-14,21H,4-7,9-10H2,1-3H3,(H,16,17);1H. The van der Waals surface area contributed by atoms with Gasteiger partial charge < -0.3 is 15.3 Å². The van der Waals surface area contributed by atoms with Crippen molar-refractivity contribution < 1.29 is 5.11 Å². The molecule has 2 rings (SSSR count). The largest absolute Gasteiger partial charge is 0.393 e. The highest BCUT2D eigenvalue weighted by Crippen LogP contribution is 2.25. The molecule has 1 aromatic heterocycles. The molecule has 2 N–H and O–H groups in total. The molecular weight excluding hydrogens is 393 g/mol. The van der Waals surface area contributed by atoms with Gasteiger partial charge in [-0.05, 0) is 19.8 Å². The van der Waals surface area contributed by atoms with E-state index in [0.717, 1.165) is 43.9 Å². The van der Waals surface area contributed by atoms with E-state index in [-0.39, 0.29) is 30.1 Å². The molecule has 0 aromatic carbocycles. The highest BCUT2D eigenvalue weighted by Gasteiger charge is 2.25. The van der Waals surface area contributed by atoms with E-state index in [9.17, 15) is 5.11 Å². The van der Waals surface area contributed by atoms with Gasteiger partial charge in [-0.25, -0.2) is 0 Å². The van der Waals surface area contributed by atoms with Gasteiger partial charge in [0.05, 0.1) is 12.3 Å². The Morgan fingerprint density at radius 3 is 2.86 bits per heavy atom. The smallest absolute Gasteiger partial charge is 0.193 e. The number of hydrogen-bond acceptors (Lipinski definition) is 3. The van der Waals surface area contributed by atoms with Crippen LogP contribution in [0.4, 0.5) is 0 Å². The van der Waals surface area contributed by atoms with Crippen molar-refractivity contribution in [3.8, 4) is 0 Å². The molecule has 2 unspecified atom stereocenters. The topological polar surface area (TPSA) is 65.7 Å². The Bertz CT molecular complexity index is 476. The molecule has 0 amide bonds. The van der Waals surface area contributed by atoms with Crippen LogP contribution in [0.1, 0.15) is 31.7 Å². The molecule has 7 heteroatoms. The lowest BCUT2D eigenvalue weighted by molar-refractivity contribution is 0.136. The predicted octanol–water partition coefficient (Wildman–Crippen LogP) is 1.60. The highest BCUT2D eigenvalue weighted by atomic mass is 127. The third kappa shape index (κ3) is 5.42. The molecule has 0 spiro atoms. The first kappa shape index (κ1) is 19.2. The highest BCUT2D eigenvalue weighted by molar-refractivity contribution is 14.0. The summed E-state index contributed by atoms with van der Waals surface area (Å²) in [6.07, 6.45) is 6.82. The molecule has 0 radical (unpaired) electrons.